The molecule has 0 radical (unpaired) electrons. The molecule has 0 fully saturated rings. The van der Waals surface area contributed by atoms with Gasteiger partial charge in [-0.15, -0.1) is 6.42 Å². The summed E-state index contributed by atoms with van der Waals surface area (Å²) in [4.78, 5) is 12.4. The van der Waals surface area contributed by atoms with Crippen molar-refractivity contribution < 1.29 is 14.6 Å². The maximum absolute atomic E-state index is 12.4. The Morgan fingerprint density at radius 3 is 2.74 bits per heavy atom. The van der Waals surface area contributed by atoms with Crippen LogP contribution < -0.4 is 10.1 Å². The lowest BCUT2D eigenvalue weighted by atomic mass is 10.1. The minimum absolute atomic E-state index is 0.191. The molecule has 0 unspecified atom stereocenters. The summed E-state index contributed by atoms with van der Waals surface area (Å²) in [6, 6.07) is 14.1. The molecular weight excluding hydrogens is 290 g/mol. The molecule has 0 heterocycles. The number of hydrogen-bond acceptors (Lipinski definition) is 3. The van der Waals surface area contributed by atoms with E-state index in [-0.39, 0.29) is 18.6 Å². The minimum atomic E-state index is -0.602. The summed E-state index contributed by atoms with van der Waals surface area (Å²) in [7, 11) is 0. The van der Waals surface area contributed by atoms with Crippen molar-refractivity contribution in [2.24, 2.45) is 0 Å². The first-order chi connectivity index (χ1) is 11.2. The smallest absolute Gasteiger partial charge is 0.251 e. The van der Waals surface area contributed by atoms with Crippen molar-refractivity contribution >= 4 is 5.91 Å². The van der Waals surface area contributed by atoms with Crippen LogP contribution in [0.15, 0.2) is 48.5 Å². The van der Waals surface area contributed by atoms with Gasteiger partial charge in [-0.1, -0.05) is 30.2 Å². The maximum Gasteiger partial charge on any atom is 0.251 e. The first kappa shape index (κ1) is 15.1. The molecule has 0 spiro atoms. The van der Waals surface area contributed by atoms with E-state index in [2.05, 4.69) is 11.2 Å². The molecule has 116 valence electrons. The van der Waals surface area contributed by atoms with E-state index in [1.807, 2.05) is 24.3 Å². The fourth-order valence-corrected chi connectivity index (χ4v) is 2.80. The van der Waals surface area contributed by atoms with Crippen LogP contribution in [0.2, 0.25) is 0 Å². The van der Waals surface area contributed by atoms with Crippen molar-refractivity contribution in [3.63, 3.8) is 0 Å². The topological polar surface area (TPSA) is 58.6 Å². The van der Waals surface area contributed by atoms with Gasteiger partial charge in [0.2, 0.25) is 0 Å². The van der Waals surface area contributed by atoms with E-state index < -0.39 is 6.10 Å². The Morgan fingerprint density at radius 1 is 1.26 bits per heavy atom. The molecule has 1 aliphatic rings. The van der Waals surface area contributed by atoms with Gasteiger partial charge >= 0.3 is 0 Å². The summed E-state index contributed by atoms with van der Waals surface area (Å²) in [6.45, 7) is 0.191. The van der Waals surface area contributed by atoms with E-state index in [0.717, 1.165) is 11.1 Å². The van der Waals surface area contributed by atoms with Crippen LogP contribution in [-0.2, 0) is 6.42 Å². The van der Waals surface area contributed by atoms with E-state index in [9.17, 15) is 9.90 Å². The van der Waals surface area contributed by atoms with Gasteiger partial charge in [0.05, 0.1) is 12.1 Å². The van der Waals surface area contributed by atoms with Crippen LogP contribution in [0, 0.1) is 12.3 Å². The molecule has 23 heavy (non-hydrogen) atoms. The summed E-state index contributed by atoms with van der Waals surface area (Å²) in [6.07, 6.45) is 5.09. The molecule has 2 aromatic carbocycles. The standard InChI is InChI=1S/C19H17NO3/c1-2-11-23-15-9-7-13(8-10-15)19(22)20-18-16-6-4-3-5-14(16)12-17(18)21/h1,3-10,17-18,21H,11-12H2,(H,20,22)/t17-,18+/m0/s1. The van der Waals surface area contributed by atoms with Crippen LogP contribution in [0.4, 0.5) is 0 Å². The Hall–Kier alpha value is -2.77. The highest BCUT2D eigenvalue weighted by Crippen LogP contribution is 2.31. The largest absolute Gasteiger partial charge is 0.481 e. The first-order valence-electron chi connectivity index (χ1n) is 7.42. The van der Waals surface area contributed by atoms with Crippen LogP contribution >= 0.6 is 0 Å². The lowest BCUT2D eigenvalue weighted by Gasteiger charge is -2.18. The third kappa shape index (κ3) is 3.20. The molecule has 2 aromatic rings. The third-order valence-electron chi connectivity index (χ3n) is 3.93. The minimum Gasteiger partial charge on any atom is -0.481 e. The highest BCUT2D eigenvalue weighted by Gasteiger charge is 2.31. The molecule has 4 heteroatoms. The van der Waals surface area contributed by atoms with Crippen LogP contribution in [0.25, 0.3) is 0 Å². The molecule has 0 aliphatic heterocycles. The maximum atomic E-state index is 12.4. The summed E-state index contributed by atoms with van der Waals surface area (Å²) < 4.78 is 5.28. The number of carbonyl (C=O) groups excluding carboxylic acids is 1. The second-order valence-corrected chi connectivity index (χ2v) is 5.44. The molecule has 0 saturated heterocycles. The van der Waals surface area contributed by atoms with Gasteiger partial charge in [0.1, 0.15) is 12.4 Å². The monoisotopic (exact) mass is 307 g/mol. The number of rotatable bonds is 4. The van der Waals surface area contributed by atoms with Crippen LogP contribution in [-0.4, -0.2) is 23.7 Å². The normalized spacial score (nSPS) is 18.8. The summed E-state index contributed by atoms with van der Waals surface area (Å²) in [5.41, 5.74) is 2.56. The quantitative estimate of drug-likeness (QED) is 0.850. The number of terminal acetylenes is 1. The molecule has 1 amide bonds. The Balaban J connectivity index is 1.71. The predicted molar refractivity (Wildman–Crippen MR) is 87.1 cm³/mol. The van der Waals surface area contributed by atoms with E-state index >= 15 is 0 Å². The van der Waals surface area contributed by atoms with E-state index in [4.69, 9.17) is 11.2 Å². The molecular formula is C19H17NO3. The van der Waals surface area contributed by atoms with Gasteiger partial charge in [-0.2, -0.15) is 0 Å². The number of hydrogen-bond donors (Lipinski definition) is 2. The van der Waals surface area contributed by atoms with Crippen molar-refractivity contribution in [2.45, 2.75) is 18.6 Å². The number of benzene rings is 2. The van der Waals surface area contributed by atoms with Gasteiger partial charge in [0, 0.05) is 12.0 Å². The average molecular weight is 307 g/mol. The third-order valence-corrected chi connectivity index (χ3v) is 3.93. The molecule has 0 saturated carbocycles. The van der Waals surface area contributed by atoms with Gasteiger partial charge < -0.3 is 15.2 Å². The SMILES string of the molecule is C#CCOc1ccc(C(=O)N[C@@H]2c3ccccc3C[C@@H]2O)cc1. The van der Waals surface area contributed by atoms with Gasteiger partial charge in [0.15, 0.2) is 0 Å². The second-order valence-electron chi connectivity index (χ2n) is 5.44. The van der Waals surface area contributed by atoms with E-state index in [1.54, 1.807) is 24.3 Å². The number of carbonyl (C=O) groups is 1. The zero-order chi connectivity index (χ0) is 16.2. The summed E-state index contributed by atoms with van der Waals surface area (Å²) in [5, 5.41) is 13.1. The van der Waals surface area contributed by atoms with Gasteiger partial charge in [-0.25, -0.2) is 0 Å². The zero-order valence-corrected chi connectivity index (χ0v) is 12.5. The number of ether oxygens (including phenoxy) is 1. The summed E-state index contributed by atoms with van der Waals surface area (Å²) >= 11 is 0. The Bertz CT molecular complexity index is 746. The fourth-order valence-electron chi connectivity index (χ4n) is 2.80. The highest BCUT2D eigenvalue weighted by atomic mass is 16.5. The second kappa shape index (κ2) is 6.55. The van der Waals surface area contributed by atoms with Crippen molar-refractivity contribution in [1.82, 2.24) is 5.32 Å². The number of fused-ring (bicyclic) bond motifs is 1. The molecule has 3 rings (SSSR count). The predicted octanol–water partition coefficient (Wildman–Crippen LogP) is 2.09. The van der Waals surface area contributed by atoms with Crippen LogP contribution in [0.3, 0.4) is 0 Å². The van der Waals surface area contributed by atoms with Crippen molar-refractivity contribution in [2.75, 3.05) is 6.61 Å². The van der Waals surface area contributed by atoms with E-state index in [1.165, 1.54) is 0 Å². The van der Waals surface area contributed by atoms with Crippen LogP contribution in [0.5, 0.6) is 5.75 Å². The van der Waals surface area contributed by atoms with Crippen molar-refractivity contribution in [3.8, 4) is 18.1 Å². The zero-order valence-electron chi connectivity index (χ0n) is 12.5. The molecule has 1 aliphatic carbocycles. The average Bonchev–Trinajstić information content (AvgIpc) is 2.89. The van der Waals surface area contributed by atoms with Crippen molar-refractivity contribution in [1.29, 1.82) is 0 Å². The Labute approximate surface area is 135 Å². The van der Waals surface area contributed by atoms with Gasteiger partial charge in [-0.3, -0.25) is 4.79 Å². The van der Waals surface area contributed by atoms with Crippen molar-refractivity contribution in [3.05, 3.63) is 65.2 Å². The lowest BCUT2D eigenvalue weighted by molar-refractivity contribution is 0.0858. The number of nitrogens with one attached hydrogen (secondary N) is 1. The molecule has 2 N–H and O–H groups in total. The Morgan fingerprint density at radius 2 is 2.00 bits per heavy atom. The summed E-state index contributed by atoms with van der Waals surface area (Å²) in [5.74, 6) is 2.78. The van der Waals surface area contributed by atoms with Gasteiger partial charge in [0.25, 0.3) is 5.91 Å². The number of amides is 1. The van der Waals surface area contributed by atoms with E-state index in [0.29, 0.717) is 17.7 Å². The molecule has 0 aromatic heterocycles. The number of aliphatic hydroxyl groups excluding tert-OH is 1. The fraction of sp³-hybridized carbons (Fsp3) is 0.211. The molecule has 2 atom stereocenters. The molecule has 4 nitrogen and oxygen atoms in total. The van der Waals surface area contributed by atoms with Gasteiger partial charge in [-0.05, 0) is 35.4 Å². The lowest BCUT2D eigenvalue weighted by Crippen LogP contribution is -2.33. The van der Waals surface area contributed by atoms with Crippen LogP contribution in [0.1, 0.15) is 27.5 Å². The first-order valence-corrected chi connectivity index (χ1v) is 7.42. The molecule has 0 bridgehead atoms. The Kier molecular flexibility index (Phi) is 4.31. The number of aliphatic hydroxyl groups is 1. The highest BCUT2D eigenvalue weighted by molar-refractivity contribution is 5.94.